The van der Waals surface area contributed by atoms with E-state index in [4.69, 9.17) is 11.6 Å². The van der Waals surface area contributed by atoms with Gasteiger partial charge in [-0.25, -0.2) is 0 Å². The molecule has 1 aromatic carbocycles. The van der Waals surface area contributed by atoms with Crippen molar-refractivity contribution in [3.63, 3.8) is 0 Å². The average Bonchev–Trinajstić information content (AvgIpc) is 2.96. The van der Waals surface area contributed by atoms with E-state index >= 15 is 0 Å². The van der Waals surface area contributed by atoms with E-state index in [2.05, 4.69) is 31.3 Å². The van der Waals surface area contributed by atoms with Crippen LogP contribution in [0, 0.1) is 5.41 Å². The molecule has 0 atom stereocenters. The molecule has 0 unspecified atom stereocenters. The molecule has 0 spiro atoms. The van der Waals surface area contributed by atoms with Gasteiger partial charge in [0.15, 0.2) is 0 Å². The van der Waals surface area contributed by atoms with Gasteiger partial charge in [-0.3, -0.25) is 0 Å². The van der Waals surface area contributed by atoms with E-state index in [0.717, 1.165) is 18.0 Å². The third-order valence-electron chi connectivity index (χ3n) is 3.31. The number of halogens is 1. The van der Waals surface area contributed by atoms with Crippen molar-refractivity contribution in [2.24, 2.45) is 5.41 Å². The van der Waals surface area contributed by atoms with Crippen molar-refractivity contribution >= 4 is 11.6 Å². The summed E-state index contributed by atoms with van der Waals surface area (Å²) in [5.74, 6) is 0. The van der Waals surface area contributed by atoms with Gasteiger partial charge in [-0.05, 0) is 42.4 Å². The third kappa shape index (κ3) is 3.23. The standard InChI is InChI=1S/C14H20ClN/c1-11(2)16-10-14(6-7-14)9-12-4-3-5-13(15)8-12/h3-5,8,11,16H,6-7,9-10H2,1-2H3. The Morgan fingerprint density at radius 3 is 2.69 bits per heavy atom. The van der Waals surface area contributed by atoms with Crippen molar-refractivity contribution in [1.82, 2.24) is 5.32 Å². The van der Waals surface area contributed by atoms with Gasteiger partial charge >= 0.3 is 0 Å². The fourth-order valence-corrected chi connectivity index (χ4v) is 2.31. The fraction of sp³-hybridized carbons (Fsp3) is 0.571. The first-order valence-electron chi connectivity index (χ1n) is 6.08. The number of nitrogens with one attached hydrogen (secondary N) is 1. The van der Waals surface area contributed by atoms with Gasteiger partial charge in [0.2, 0.25) is 0 Å². The topological polar surface area (TPSA) is 12.0 Å². The summed E-state index contributed by atoms with van der Waals surface area (Å²) in [4.78, 5) is 0. The van der Waals surface area contributed by atoms with Crippen molar-refractivity contribution in [3.05, 3.63) is 34.9 Å². The van der Waals surface area contributed by atoms with Gasteiger partial charge < -0.3 is 5.32 Å². The van der Waals surface area contributed by atoms with E-state index in [1.54, 1.807) is 0 Å². The molecule has 2 rings (SSSR count). The van der Waals surface area contributed by atoms with Crippen LogP contribution in [0.2, 0.25) is 5.02 Å². The van der Waals surface area contributed by atoms with Gasteiger partial charge in [-0.15, -0.1) is 0 Å². The molecule has 1 aliphatic rings. The van der Waals surface area contributed by atoms with E-state index in [1.807, 2.05) is 12.1 Å². The summed E-state index contributed by atoms with van der Waals surface area (Å²) >= 11 is 6.01. The predicted octanol–water partition coefficient (Wildman–Crippen LogP) is 3.66. The Morgan fingerprint density at radius 2 is 2.12 bits per heavy atom. The molecule has 1 aliphatic carbocycles. The Bertz CT molecular complexity index is 356. The van der Waals surface area contributed by atoms with E-state index < -0.39 is 0 Å². The number of rotatable bonds is 5. The molecule has 1 fully saturated rings. The fourth-order valence-electron chi connectivity index (χ4n) is 2.09. The van der Waals surface area contributed by atoms with Crippen LogP contribution in [0.1, 0.15) is 32.3 Å². The average molecular weight is 238 g/mol. The summed E-state index contributed by atoms with van der Waals surface area (Å²) in [5.41, 5.74) is 1.88. The minimum atomic E-state index is 0.509. The Balaban J connectivity index is 1.94. The van der Waals surface area contributed by atoms with Crippen molar-refractivity contribution < 1.29 is 0 Å². The van der Waals surface area contributed by atoms with Crippen LogP contribution in [0.4, 0.5) is 0 Å². The van der Waals surface area contributed by atoms with Gasteiger partial charge in [0.25, 0.3) is 0 Å². The van der Waals surface area contributed by atoms with E-state index in [0.29, 0.717) is 11.5 Å². The van der Waals surface area contributed by atoms with Gasteiger partial charge in [-0.2, -0.15) is 0 Å². The van der Waals surface area contributed by atoms with Crippen LogP contribution >= 0.6 is 11.6 Å². The highest BCUT2D eigenvalue weighted by Crippen LogP contribution is 2.48. The number of hydrogen-bond donors (Lipinski definition) is 1. The highest BCUT2D eigenvalue weighted by molar-refractivity contribution is 6.30. The van der Waals surface area contributed by atoms with E-state index in [9.17, 15) is 0 Å². The zero-order valence-electron chi connectivity index (χ0n) is 10.1. The molecule has 0 saturated heterocycles. The summed E-state index contributed by atoms with van der Waals surface area (Å²) in [5, 5.41) is 4.40. The lowest BCUT2D eigenvalue weighted by atomic mass is 9.96. The molecule has 88 valence electrons. The zero-order chi connectivity index (χ0) is 11.6. The molecule has 0 radical (unpaired) electrons. The van der Waals surface area contributed by atoms with Crippen LogP contribution in [0.25, 0.3) is 0 Å². The first-order chi connectivity index (χ1) is 7.60. The molecule has 1 nitrogen and oxygen atoms in total. The van der Waals surface area contributed by atoms with Crippen molar-refractivity contribution in [2.75, 3.05) is 6.54 Å². The molecular weight excluding hydrogens is 218 g/mol. The van der Waals surface area contributed by atoms with Gasteiger partial charge in [0.1, 0.15) is 0 Å². The minimum absolute atomic E-state index is 0.509. The first kappa shape index (κ1) is 11.9. The highest BCUT2D eigenvalue weighted by atomic mass is 35.5. The smallest absolute Gasteiger partial charge is 0.0408 e. The molecule has 1 N–H and O–H groups in total. The van der Waals surface area contributed by atoms with Crippen LogP contribution in [0.5, 0.6) is 0 Å². The third-order valence-corrected chi connectivity index (χ3v) is 3.55. The van der Waals surface area contributed by atoms with E-state index in [-0.39, 0.29) is 0 Å². The molecule has 0 heterocycles. The van der Waals surface area contributed by atoms with Gasteiger partial charge in [-0.1, -0.05) is 37.6 Å². The summed E-state index contributed by atoms with van der Waals surface area (Å²) < 4.78 is 0. The van der Waals surface area contributed by atoms with E-state index in [1.165, 1.54) is 18.4 Å². The maximum Gasteiger partial charge on any atom is 0.0408 e. The van der Waals surface area contributed by atoms with Gasteiger partial charge in [0, 0.05) is 17.6 Å². The lowest BCUT2D eigenvalue weighted by Crippen LogP contribution is -2.30. The van der Waals surface area contributed by atoms with Gasteiger partial charge in [0.05, 0.1) is 0 Å². The molecule has 1 saturated carbocycles. The van der Waals surface area contributed by atoms with Crippen LogP contribution < -0.4 is 5.32 Å². The molecule has 0 bridgehead atoms. The Morgan fingerprint density at radius 1 is 1.38 bits per heavy atom. The zero-order valence-corrected chi connectivity index (χ0v) is 10.8. The van der Waals surface area contributed by atoms with Crippen LogP contribution in [0.15, 0.2) is 24.3 Å². The monoisotopic (exact) mass is 237 g/mol. The quantitative estimate of drug-likeness (QED) is 0.824. The van der Waals surface area contributed by atoms with Crippen molar-refractivity contribution in [2.45, 2.75) is 39.2 Å². The summed E-state index contributed by atoms with van der Waals surface area (Å²) in [6, 6.07) is 8.84. The SMILES string of the molecule is CC(C)NCC1(Cc2cccc(Cl)c2)CC1. The summed E-state index contributed by atoms with van der Waals surface area (Å²) in [6.45, 7) is 5.54. The maximum absolute atomic E-state index is 6.01. The normalized spacial score (nSPS) is 17.8. The maximum atomic E-state index is 6.01. The largest absolute Gasteiger partial charge is 0.314 e. The Kier molecular flexibility index (Phi) is 3.56. The molecular formula is C14H20ClN. The minimum Gasteiger partial charge on any atom is -0.314 e. The summed E-state index contributed by atoms with van der Waals surface area (Å²) in [6.07, 6.45) is 3.85. The second kappa shape index (κ2) is 4.77. The first-order valence-corrected chi connectivity index (χ1v) is 6.45. The second-order valence-corrected chi connectivity index (χ2v) is 5.78. The van der Waals surface area contributed by atoms with Crippen molar-refractivity contribution in [1.29, 1.82) is 0 Å². The number of hydrogen-bond acceptors (Lipinski definition) is 1. The molecule has 2 heteroatoms. The molecule has 16 heavy (non-hydrogen) atoms. The Hall–Kier alpha value is -0.530. The van der Waals surface area contributed by atoms with Crippen molar-refractivity contribution in [3.8, 4) is 0 Å². The Labute approximate surface area is 103 Å². The molecule has 1 aromatic rings. The lowest BCUT2D eigenvalue weighted by Gasteiger charge is -2.18. The highest BCUT2D eigenvalue weighted by Gasteiger charge is 2.42. The molecule has 0 amide bonds. The second-order valence-electron chi connectivity index (χ2n) is 5.34. The predicted molar refractivity (Wildman–Crippen MR) is 70.0 cm³/mol. The summed E-state index contributed by atoms with van der Waals surface area (Å²) in [7, 11) is 0. The lowest BCUT2D eigenvalue weighted by molar-refractivity contribution is 0.429. The molecule has 0 aliphatic heterocycles. The molecule has 0 aromatic heterocycles. The van der Waals surface area contributed by atoms with Crippen LogP contribution in [-0.2, 0) is 6.42 Å². The number of benzene rings is 1. The van der Waals surface area contributed by atoms with Crippen LogP contribution in [-0.4, -0.2) is 12.6 Å². The van der Waals surface area contributed by atoms with Crippen LogP contribution in [0.3, 0.4) is 0 Å².